The average molecular weight is 461 g/mol. The van der Waals surface area contributed by atoms with Crippen LogP contribution in [-0.4, -0.2) is 27.5 Å². The van der Waals surface area contributed by atoms with Crippen LogP contribution >= 0.6 is 11.6 Å². The van der Waals surface area contributed by atoms with E-state index in [4.69, 9.17) is 21.1 Å². The molecule has 0 heterocycles. The Kier molecular flexibility index (Phi) is 7.17. The smallest absolute Gasteiger partial charge is 0.242 e. The zero-order chi connectivity index (χ0) is 22.4. The minimum absolute atomic E-state index is 0.0174. The maximum atomic E-state index is 12.7. The second-order valence-corrected chi connectivity index (χ2v) is 8.71. The molecule has 0 unspecified atom stereocenters. The molecule has 3 aromatic rings. The van der Waals surface area contributed by atoms with Gasteiger partial charge in [0.1, 0.15) is 11.5 Å². The number of methoxy groups -OCH3 is 1. The molecule has 31 heavy (non-hydrogen) atoms. The Hall–Kier alpha value is -3.07. The Bertz CT molecular complexity index is 1150. The van der Waals surface area contributed by atoms with Crippen molar-refractivity contribution in [2.75, 3.05) is 12.4 Å². The second kappa shape index (κ2) is 9.82. The summed E-state index contributed by atoms with van der Waals surface area (Å²) < 4.78 is 38.4. The van der Waals surface area contributed by atoms with Gasteiger partial charge >= 0.3 is 0 Å². The van der Waals surface area contributed by atoms with Crippen molar-refractivity contribution in [3.63, 3.8) is 0 Å². The molecule has 3 aromatic carbocycles. The molecule has 0 aliphatic rings. The van der Waals surface area contributed by atoms with E-state index >= 15 is 0 Å². The fourth-order valence-corrected chi connectivity index (χ4v) is 4.03. The highest BCUT2D eigenvalue weighted by Gasteiger charge is 2.23. The molecule has 9 heteroatoms. The van der Waals surface area contributed by atoms with E-state index < -0.39 is 22.0 Å². The highest BCUT2D eigenvalue weighted by atomic mass is 35.5. The molecule has 0 spiro atoms. The molecule has 1 amide bonds. The van der Waals surface area contributed by atoms with Crippen LogP contribution in [-0.2, 0) is 14.8 Å². The van der Waals surface area contributed by atoms with Crippen LogP contribution in [0, 0.1) is 0 Å². The lowest BCUT2D eigenvalue weighted by molar-refractivity contribution is -0.117. The summed E-state index contributed by atoms with van der Waals surface area (Å²) in [5, 5.41) is 3.06. The molecule has 2 N–H and O–H groups in total. The minimum atomic E-state index is -3.91. The van der Waals surface area contributed by atoms with Gasteiger partial charge in [-0.25, -0.2) is 8.42 Å². The third kappa shape index (κ3) is 5.97. The number of para-hydroxylation sites is 1. The quantitative estimate of drug-likeness (QED) is 0.518. The SMILES string of the molecule is COc1ccc(S(=O)(=O)N[C@H](C)C(=O)Nc2cc(Cl)ccc2Oc2ccccc2)cc1. The van der Waals surface area contributed by atoms with Gasteiger partial charge in [0.2, 0.25) is 15.9 Å². The first-order valence-corrected chi connectivity index (χ1v) is 11.1. The first-order valence-electron chi connectivity index (χ1n) is 9.28. The molecule has 3 rings (SSSR count). The first-order chi connectivity index (χ1) is 14.8. The van der Waals surface area contributed by atoms with Gasteiger partial charge in [0, 0.05) is 5.02 Å². The van der Waals surface area contributed by atoms with E-state index in [2.05, 4.69) is 10.0 Å². The molecule has 0 radical (unpaired) electrons. The maximum absolute atomic E-state index is 12.7. The number of nitrogens with one attached hydrogen (secondary N) is 2. The van der Waals surface area contributed by atoms with Gasteiger partial charge in [-0.3, -0.25) is 4.79 Å². The number of halogens is 1. The van der Waals surface area contributed by atoms with Gasteiger partial charge < -0.3 is 14.8 Å². The van der Waals surface area contributed by atoms with E-state index in [0.717, 1.165) is 0 Å². The van der Waals surface area contributed by atoms with Gasteiger partial charge in [0.15, 0.2) is 5.75 Å². The van der Waals surface area contributed by atoms with Crippen LogP contribution < -0.4 is 19.5 Å². The summed E-state index contributed by atoms with van der Waals surface area (Å²) in [7, 11) is -2.43. The van der Waals surface area contributed by atoms with Crippen molar-refractivity contribution in [1.29, 1.82) is 0 Å². The van der Waals surface area contributed by atoms with Crippen LogP contribution in [0.15, 0.2) is 77.7 Å². The van der Waals surface area contributed by atoms with Crippen LogP contribution in [0.4, 0.5) is 5.69 Å². The summed E-state index contributed by atoms with van der Waals surface area (Å²) in [6.45, 7) is 1.44. The number of hydrogen-bond donors (Lipinski definition) is 2. The molecule has 0 fully saturated rings. The monoisotopic (exact) mass is 460 g/mol. The molecule has 0 aromatic heterocycles. The van der Waals surface area contributed by atoms with Crippen molar-refractivity contribution < 1.29 is 22.7 Å². The van der Waals surface area contributed by atoms with Gasteiger partial charge in [0.25, 0.3) is 0 Å². The van der Waals surface area contributed by atoms with Crippen molar-refractivity contribution in [2.45, 2.75) is 17.9 Å². The maximum Gasteiger partial charge on any atom is 0.242 e. The van der Waals surface area contributed by atoms with E-state index in [-0.39, 0.29) is 4.90 Å². The highest BCUT2D eigenvalue weighted by Crippen LogP contribution is 2.32. The molecule has 0 aliphatic carbocycles. The van der Waals surface area contributed by atoms with E-state index in [1.165, 1.54) is 44.4 Å². The zero-order valence-electron chi connectivity index (χ0n) is 16.8. The van der Waals surface area contributed by atoms with Crippen LogP contribution in [0.1, 0.15) is 6.92 Å². The molecule has 0 saturated heterocycles. The van der Waals surface area contributed by atoms with Gasteiger partial charge in [-0.15, -0.1) is 0 Å². The summed E-state index contributed by atoms with van der Waals surface area (Å²) in [6.07, 6.45) is 0. The molecule has 162 valence electrons. The molecule has 0 aliphatic heterocycles. The van der Waals surface area contributed by atoms with Crippen molar-refractivity contribution in [3.8, 4) is 17.2 Å². The van der Waals surface area contributed by atoms with Gasteiger partial charge in [-0.1, -0.05) is 29.8 Å². The summed E-state index contributed by atoms with van der Waals surface area (Å²) in [6, 6.07) is 18.6. The fraction of sp³-hybridized carbons (Fsp3) is 0.136. The topological polar surface area (TPSA) is 93.7 Å². The number of rotatable bonds is 8. The number of carbonyl (C=O) groups excluding carboxylic acids is 1. The Morgan fingerprint density at radius 1 is 0.968 bits per heavy atom. The summed E-state index contributed by atoms with van der Waals surface area (Å²) in [4.78, 5) is 12.7. The summed E-state index contributed by atoms with van der Waals surface area (Å²) >= 11 is 6.07. The Morgan fingerprint density at radius 2 is 1.65 bits per heavy atom. The van der Waals surface area contributed by atoms with Gasteiger partial charge in [-0.05, 0) is 61.5 Å². The van der Waals surface area contributed by atoms with Crippen LogP contribution in [0.3, 0.4) is 0 Å². The summed E-state index contributed by atoms with van der Waals surface area (Å²) in [5.41, 5.74) is 0.317. The Morgan fingerprint density at radius 3 is 2.29 bits per heavy atom. The number of carbonyl (C=O) groups is 1. The van der Waals surface area contributed by atoms with Gasteiger partial charge in [-0.2, -0.15) is 4.72 Å². The van der Waals surface area contributed by atoms with Crippen LogP contribution in [0.2, 0.25) is 5.02 Å². The third-order valence-electron chi connectivity index (χ3n) is 4.27. The molecule has 1 atom stereocenters. The van der Waals surface area contributed by atoms with Crippen molar-refractivity contribution in [1.82, 2.24) is 4.72 Å². The van der Waals surface area contributed by atoms with E-state index in [1.54, 1.807) is 24.3 Å². The largest absolute Gasteiger partial charge is 0.497 e. The zero-order valence-corrected chi connectivity index (χ0v) is 18.4. The average Bonchev–Trinajstić information content (AvgIpc) is 2.76. The van der Waals surface area contributed by atoms with Gasteiger partial charge in [0.05, 0.1) is 23.7 Å². The van der Waals surface area contributed by atoms with Crippen molar-refractivity contribution in [2.24, 2.45) is 0 Å². The number of ether oxygens (including phenoxy) is 2. The van der Waals surface area contributed by atoms with E-state index in [9.17, 15) is 13.2 Å². The predicted molar refractivity (Wildman–Crippen MR) is 119 cm³/mol. The van der Waals surface area contributed by atoms with Crippen LogP contribution in [0.5, 0.6) is 17.2 Å². The molecule has 0 bridgehead atoms. The number of benzene rings is 3. The lowest BCUT2D eigenvalue weighted by Crippen LogP contribution is -2.41. The van der Waals surface area contributed by atoms with E-state index in [1.807, 2.05) is 18.2 Å². The normalized spacial score (nSPS) is 12.1. The number of anilines is 1. The van der Waals surface area contributed by atoms with Crippen molar-refractivity contribution in [3.05, 3.63) is 77.8 Å². The lowest BCUT2D eigenvalue weighted by Gasteiger charge is -2.17. The minimum Gasteiger partial charge on any atom is -0.497 e. The molecular formula is C22H21ClN2O5S. The van der Waals surface area contributed by atoms with Crippen molar-refractivity contribution >= 4 is 33.2 Å². The number of hydrogen-bond acceptors (Lipinski definition) is 5. The summed E-state index contributed by atoms with van der Waals surface area (Å²) in [5.74, 6) is 0.900. The standard InChI is InChI=1S/C22H21ClN2O5S/c1-15(25-31(27,28)19-11-9-17(29-2)10-12-19)22(26)24-20-14-16(23)8-13-21(20)30-18-6-4-3-5-7-18/h3-15,25H,1-2H3,(H,24,26)/t15-/m1/s1. The fourth-order valence-electron chi connectivity index (χ4n) is 2.65. The number of amides is 1. The molecule has 7 nitrogen and oxygen atoms in total. The first kappa shape index (κ1) is 22.6. The molecular weight excluding hydrogens is 440 g/mol. The predicted octanol–water partition coefficient (Wildman–Crippen LogP) is 4.45. The molecule has 0 saturated carbocycles. The van der Waals surface area contributed by atoms with Crippen LogP contribution in [0.25, 0.3) is 0 Å². The van der Waals surface area contributed by atoms with E-state index in [0.29, 0.717) is 28.0 Å². The Balaban J connectivity index is 1.73. The number of sulfonamides is 1. The second-order valence-electron chi connectivity index (χ2n) is 6.56. The lowest BCUT2D eigenvalue weighted by atomic mass is 10.2. The third-order valence-corrected chi connectivity index (χ3v) is 6.06. The Labute approximate surface area is 186 Å². The highest BCUT2D eigenvalue weighted by molar-refractivity contribution is 7.89.